The molecule has 0 saturated heterocycles. The number of aromatic nitrogens is 2. The highest BCUT2D eigenvalue weighted by atomic mass is 15.1. The lowest BCUT2D eigenvalue weighted by Gasteiger charge is -2.05. The lowest BCUT2D eigenvalue weighted by Crippen LogP contribution is -2.03. The first kappa shape index (κ1) is 11.5. The molecule has 0 radical (unpaired) electrons. The second-order valence-corrected chi connectivity index (χ2v) is 4.14. The molecule has 88 valence electrons. The standard InChI is InChI=1S/C13H16N4/c1-2-3-4-7-17-12-8-10(9-14)5-6-11(12)16-13(17)15/h5-6,8H,2-4,7H2,1H3,(H2,15,16). The van der Waals surface area contributed by atoms with Crippen molar-refractivity contribution in [2.24, 2.45) is 0 Å². The summed E-state index contributed by atoms with van der Waals surface area (Å²) in [5.74, 6) is 0.534. The molecule has 0 spiro atoms. The molecule has 0 saturated carbocycles. The number of nitrogen functional groups attached to an aromatic ring is 1. The van der Waals surface area contributed by atoms with Crippen molar-refractivity contribution in [1.82, 2.24) is 9.55 Å². The van der Waals surface area contributed by atoms with Crippen LogP contribution in [0.3, 0.4) is 0 Å². The first-order valence-corrected chi connectivity index (χ1v) is 5.92. The third kappa shape index (κ3) is 2.23. The lowest BCUT2D eigenvalue weighted by atomic mass is 10.2. The van der Waals surface area contributed by atoms with Gasteiger partial charge in [-0.05, 0) is 24.6 Å². The van der Waals surface area contributed by atoms with Crippen LogP contribution in [0.1, 0.15) is 31.7 Å². The van der Waals surface area contributed by atoms with Gasteiger partial charge in [-0.15, -0.1) is 0 Å². The molecule has 0 bridgehead atoms. The summed E-state index contributed by atoms with van der Waals surface area (Å²) in [6.07, 6.45) is 3.44. The number of hydrogen-bond donors (Lipinski definition) is 1. The number of imidazole rings is 1. The molecule has 4 nitrogen and oxygen atoms in total. The fraction of sp³-hybridized carbons (Fsp3) is 0.385. The topological polar surface area (TPSA) is 67.6 Å². The third-order valence-corrected chi connectivity index (χ3v) is 2.89. The third-order valence-electron chi connectivity index (χ3n) is 2.89. The molecule has 1 aromatic carbocycles. The molecule has 0 fully saturated rings. The molecule has 2 aromatic rings. The minimum atomic E-state index is 0.534. The van der Waals surface area contributed by atoms with Crippen LogP contribution in [0, 0.1) is 11.3 Å². The Kier molecular flexibility index (Phi) is 3.29. The van der Waals surface area contributed by atoms with Crippen molar-refractivity contribution in [3.05, 3.63) is 23.8 Å². The predicted octanol–water partition coefficient (Wildman–Crippen LogP) is 2.68. The summed E-state index contributed by atoms with van der Waals surface area (Å²) in [6, 6.07) is 7.61. The zero-order valence-corrected chi connectivity index (χ0v) is 9.98. The van der Waals surface area contributed by atoms with Crippen molar-refractivity contribution >= 4 is 17.0 Å². The van der Waals surface area contributed by atoms with Crippen LogP contribution in [-0.4, -0.2) is 9.55 Å². The zero-order chi connectivity index (χ0) is 12.3. The van der Waals surface area contributed by atoms with Gasteiger partial charge < -0.3 is 10.3 Å². The largest absolute Gasteiger partial charge is 0.369 e. The summed E-state index contributed by atoms with van der Waals surface area (Å²) in [6.45, 7) is 3.04. The molecule has 1 aromatic heterocycles. The van der Waals surface area contributed by atoms with E-state index in [1.54, 1.807) is 6.07 Å². The van der Waals surface area contributed by atoms with Gasteiger partial charge in [0.1, 0.15) is 0 Å². The van der Waals surface area contributed by atoms with Gasteiger partial charge in [0, 0.05) is 6.54 Å². The Morgan fingerprint density at radius 1 is 1.41 bits per heavy atom. The van der Waals surface area contributed by atoms with E-state index in [4.69, 9.17) is 11.0 Å². The molecule has 2 rings (SSSR count). The van der Waals surface area contributed by atoms with Crippen LogP contribution >= 0.6 is 0 Å². The number of unbranched alkanes of at least 4 members (excludes halogenated alkanes) is 2. The van der Waals surface area contributed by atoms with Gasteiger partial charge in [-0.1, -0.05) is 19.8 Å². The molecule has 0 amide bonds. The van der Waals surface area contributed by atoms with Gasteiger partial charge in [0.15, 0.2) is 0 Å². The molecular weight excluding hydrogens is 212 g/mol. The number of hydrogen-bond acceptors (Lipinski definition) is 3. The van der Waals surface area contributed by atoms with Crippen LogP contribution in [0.15, 0.2) is 18.2 Å². The van der Waals surface area contributed by atoms with Crippen LogP contribution in [0.25, 0.3) is 11.0 Å². The quantitative estimate of drug-likeness (QED) is 0.818. The SMILES string of the molecule is CCCCCn1c(N)nc2ccc(C#N)cc21. The van der Waals surface area contributed by atoms with E-state index >= 15 is 0 Å². The number of nitrogens with two attached hydrogens (primary N) is 1. The first-order valence-electron chi connectivity index (χ1n) is 5.92. The minimum absolute atomic E-state index is 0.534. The van der Waals surface area contributed by atoms with E-state index in [0.29, 0.717) is 11.5 Å². The Morgan fingerprint density at radius 3 is 2.94 bits per heavy atom. The van der Waals surface area contributed by atoms with Crippen molar-refractivity contribution in [3.63, 3.8) is 0 Å². The predicted molar refractivity (Wildman–Crippen MR) is 68.4 cm³/mol. The number of nitriles is 1. The van der Waals surface area contributed by atoms with E-state index in [1.165, 1.54) is 12.8 Å². The van der Waals surface area contributed by atoms with E-state index in [0.717, 1.165) is 24.0 Å². The maximum Gasteiger partial charge on any atom is 0.201 e. The highest BCUT2D eigenvalue weighted by Gasteiger charge is 2.08. The molecule has 0 atom stereocenters. The van der Waals surface area contributed by atoms with Gasteiger partial charge in [-0.25, -0.2) is 4.98 Å². The molecular formula is C13H16N4. The second-order valence-electron chi connectivity index (χ2n) is 4.14. The van der Waals surface area contributed by atoms with Crippen molar-refractivity contribution in [2.45, 2.75) is 32.7 Å². The van der Waals surface area contributed by atoms with Crippen molar-refractivity contribution < 1.29 is 0 Å². The summed E-state index contributed by atoms with van der Waals surface area (Å²) in [7, 11) is 0. The van der Waals surface area contributed by atoms with Gasteiger partial charge in [0.05, 0.1) is 22.7 Å². The Bertz CT molecular complexity index is 563. The highest BCUT2D eigenvalue weighted by Crippen LogP contribution is 2.20. The zero-order valence-electron chi connectivity index (χ0n) is 9.98. The number of benzene rings is 1. The van der Waals surface area contributed by atoms with Gasteiger partial charge in [-0.2, -0.15) is 5.26 Å². The number of nitrogens with zero attached hydrogens (tertiary/aromatic N) is 3. The van der Waals surface area contributed by atoms with Crippen LogP contribution in [0.2, 0.25) is 0 Å². The van der Waals surface area contributed by atoms with Gasteiger partial charge in [0.25, 0.3) is 0 Å². The maximum atomic E-state index is 8.90. The molecule has 2 N–H and O–H groups in total. The Hall–Kier alpha value is -2.02. The second kappa shape index (κ2) is 4.88. The van der Waals surface area contributed by atoms with Crippen LogP contribution < -0.4 is 5.73 Å². The average Bonchev–Trinajstić information content (AvgIpc) is 2.65. The highest BCUT2D eigenvalue weighted by molar-refractivity contribution is 5.79. The summed E-state index contributed by atoms with van der Waals surface area (Å²) >= 11 is 0. The molecule has 0 aliphatic carbocycles. The van der Waals surface area contributed by atoms with Crippen molar-refractivity contribution in [1.29, 1.82) is 5.26 Å². The monoisotopic (exact) mass is 228 g/mol. The number of anilines is 1. The van der Waals surface area contributed by atoms with E-state index < -0.39 is 0 Å². The summed E-state index contributed by atoms with van der Waals surface area (Å²) in [5, 5.41) is 8.90. The van der Waals surface area contributed by atoms with Crippen molar-refractivity contribution in [3.8, 4) is 6.07 Å². The molecule has 0 aliphatic heterocycles. The fourth-order valence-corrected chi connectivity index (χ4v) is 1.97. The fourth-order valence-electron chi connectivity index (χ4n) is 1.97. The van der Waals surface area contributed by atoms with Gasteiger partial charge in [0.2, 0.25) is 5.95 Å². The van der Waals surface area contributed by atoms with Crippen molar-refractivity contribution in [2.75, 3.05) is 5.73 Å². The van der Waals surface area contributed by atoms with E-state index in [-0.39, 0.29) is 0 Å². The van der Waals surface area contributed by atoms with E-state index in [9.17, 15) is 0 Å². The van der Waals surface area contributed by atoms with Crippen LogP contribution in [0.5, 0.6) is 0 Å². The Labute approximate surface area is 101 Å². The maximum absolute atomic E-state index is 8.90. The number of aryl methyl sites for hydroxylation is 1. The molecule has 1 heterocycles. The molecule has 0 aliphatic rings. The lowest BCUT2D eigenvalue weighted by molar-refractivity contribution is 0.619. The number of fused-ring (bicyclic) bond motifs is 1. The normalized spacial score (nSPS) is 10.6. The minimum Gasteiger partial charge on any atom is -0.369 e. The smallest absolute Gasteiger partial charge is 0.201 e. The number of rotatable bonds is 4. The van der Waals surface area contributed by atoms with Gasteiger partial charge >= 0.3 is 0 Å². The summed E-state index contributed by atoms with van der Waals surface area (Å²) in [4.78, 5) is 4.30. The Balaban J connectivity index is 2.39. The first-order chi connectivity index (χ1) is 8.26. The Morgan fingerprint density at radius 2 is 2.24 bits per heavy atom. The van der Waals surface area contributed by atoms with E-state index in [1.807, 2.05) is 16.7 Å². The van der Waals surface area contributed by atoms with Gasteiger partial charge in [-0.3, -0.25) is 0 Å². The molecule has 17 heavy (non-hydrogen) atoms. The average molecular weight is 228 g/mol. The molecule has 0 unspecified atom stereocenters. The molecule has 4 heteroatoms. The van der Waals surface area contributed by atoms with Crippen LogP contribution in [0.4, 0.5) is 5.95 Å². The summed E-state index contributed by atoms with van der Waals surface area (Å²) in [5.41, 5.74) is 8.36. The van der Waals surface area contributed by atoms with Crippen LogP contribution in [-0.2, 0) is 6.54 Å². The van der Waals surface area contributed by atoms with E-state index in [2.05, 4.69) is 18.0 Å². The summed E-state index contributed by atoms with van der Waals surface area (Å²) < 4.78 is 1.99.